The van der Waals surface area contributed by atoms with Crippen LogP contribution in [0, 0.1) is 13.8 Å². The van der Waals surface area contributed by atoms with Gasteiger partial charge in [-0.15, -0.1) is 11.3 Å². The minimum atomic E-state index is -0.129. The van der Waals surface area contributed by atoms with Crippen molar-refractivity contribution in [3.05, 3.63) is 50.4 Å². The van der Waals surface area contributed by atoms with Crippen molar-refractivity contribution >= 4 is 28.8 Å². The van der Waals surface area contributed by atoms with Crippen molar-refractivity contribution < 1.29 is 9.53 Å². The number of aryl methyl sites for hydroxylation is 2. The first-order valence-corrected chi connectivity index (χ1v) is 8.36. The van der Waals surface area contributed by atoms with Crippen LogP contribution in [-0.4, -0.2) is 23.5 Å². The Morgan fingerprint density at radius 3 is 2.73 bits per heavy atom. The summed E-state index contributed by atoms with van der Waals surface area (Å²) in [7, 11) is 0. The molecule has 0 spiro atoms. The van der Waals surface area contributed by atoms with Gasteiger partial charge in [0, 0.05) is 11.6 Å². The van der Waals surface area contributed by atoms with Gasteiger partial charge in [0.15, 0.2) is 0 Å². The van der Waals surface area contributed by atoms with Crippen LogP contribution in [-0.2, 0) is 4.74 Å². The number of benzene rings is 1. The molecule has 1 aliphatic heterocycles. The van der Waals surface area contributed by atoms with Crippen molar-refractivity contribution in [2.24, 2.45) is 0 Å². The van der Waals surface area contributed by atoms with E-state index in [1.807, 2.05) is 38.1 Å². The van der Waals surface area contributed by atoms with Crippen LogP contribution in [0.1, 0.15) is 38.5 Å². The number of carbonyl (C=O) groups is 1. The normalized spacial score (nSPS) is 21.0. The maximum Gasteiger partial charge on any atom is 0.263 e. The number of amides is 1. The largest absolute Gasteiger partial charge is 0.371 e. The van der Waals surface area contributed by atoms with Gasteiger partial charge in [-0.05, 0) is 38.0 Å². The zero-order chi connectivity index (χ0) is 15.7. The van der Waals surface area contributed by atoms with Crippen LogP contribution < -0.4 is 5.32 Å². The van der Waals surface area contributed by atoms with Crippen molar-refractivity contribution in [1.29, 1.82) is 0 Å². The van der Waals surface area contributed by atoms with Crippen LogP contribution in [0.5, 0.6) is 0 Å². The van der Waals surface area contributed by atoms with Gasteiger partial charge in [0.25, 0.3) is 5.91 Å². The third-order valence-electron chi connectivity index (χ3n) is 3.72. The minimum Gasteiger partial charge on any atom is -0.371 e. The molecule has 1 saturated heterocycles. The smallest absolute Gasteiger partial charge is 0.263 e. The molecule has 116 valence electrons. The van der Waals surface area contributed by atoms with Gasteiger partial charge >= 0.3 is 0 Å². The zero-order valence-electron chi connectivity index (χ0n) is 12.4. The molecule has 1 fully saturated rings. The van der Waals surface area contributed by atoms with Gasteiger partial charge in [-0.3, -0.25) is 4.79 Å². The van der Waals surface area contributed by atoms with Crippen LogP contribution >= 0.6 is 22.9 Å². The van der Waals surface area contributed by atoms with E-state index in [1.165, 1.54) is 11.3 Å². The molecule has 3 rings (SSSR count). The summed E-state index contributed by atoms with van der Waals surface area (Å²) in [4.78, 5) is 17.4. The predicted molar refractivity (Wildman–Crippen MR) is 87.6 cm³/mol. The molecule has 2 unspecified atom stereocenters. The van der Waals surface area contributed by atoms with E-state index in [0.29, 0.717) is 16.5 Å². The summed E-state index contributed by atoms with van der Waals surface area (Å²) in [5.41, 5.74) is 1.81. The standard InChI is InChI=1S/C16H17ClN2O2S/c1-9-15(22-10(2)18-9)16(20)19-13-7-8-21-14(13)11-3-5-12(17)6-4-11/h3-6,13-14H,7-8H2,1-2H3,(H,19,20). The Hall–Kier alpha value is -1.43. The molecule has 2 atom stereocenters. The van der Waals surface area contributed by atoms with Gasteiger partial charge in [-0.25, -0.2) is 4.98 Å². The van der Waals surface area contributed by atoms with Crippen LogP contribution in [0.2, 0.25) is 5.02 Å². The van der Waals surface area contributed by atoms with E-state index >= 15 is 0 Å². The van der Waals surface area contributed by atoms with Crippen molar-refractivity contribution in [3.8, 4) is 0 Å². The van der Waals surface area contributed by atoms with Crippen LogP contribution in [0.3, 0.4) is 0 Å². The molecule has 4 nitrogen and oxygen atoms in total. The van der Waals surface area contributed by atoms with Crippen LogP contribution in [0.15, 0.2) is 24.3 Å². The SMILES string of the molecule is Cc1nc(C)c(C(=O)NC2CCOC2c2ccc(Cl)cc2)s1. The molecular weight excluding hydrogens is 320 g/mol. The number of nitrogens with zero attached hydrogens (tertiary/aromatic N) is 1. The number of nitrogens with one attached hydrogen (secondary N) is 1. The van der Waals surface area contributed by atoms with Gasteiger partial charge in [-0.1, -0.05) is 23.7 Å². The van der Waals surface area contributed by atoms with E-state index in [2.05, 4.69) is 10.3 Å². The third-order valence-corrected chi connectivity index (χ3v) is 5.04. The fourth-order valence-corrected chi connectivity index (χ4v) is 3.64. The number of thiazole rings is 1. The fraction of sp³-hybridized carbons (Fsp3) is 0.375. The van der Waals surface area contributed by atoms with Crippen molar-refractivity contribution in [1.82, 2.24) is 10.3 Å². The topological polar surface area (TPSA) is 51.2 Å². The van der Waals surface area contributed by atoms with E-state index in [1.54, 1.807) is 0 Å². The summed E-state index contributed by atoms with van der Waals surface area (Å²) in [6, 6.07) is 7.54. The monoisotopic (exact) mass is 336 g/mol. The first-order chi connectivity index (χ1) is 10.5. The van der Waals surface area contributed by atoms with Crippen LogP contribution in [0.25, 0.3) is 0 Å². The maximum atomic E-state index is 12.4. The van der Waals surface area contributed by atoms with E-state index in [0.717, 1.165) is 22.7 Å². The fourth-order valence-electron chi connectivity index (χ4n) is 2.69. The number of hydrogen-bond donors (Lipinski definition) is 1. The predicted octanol–water partition coefficient (Wildman–Crippen LogP) is 3.67. The Labute approximate surface area is 138 Å². The molecule has 2 heterocycles. The van der Waals surface area contributed by atoms with Gasteiger partial charge in [0.2, 0.25) is 0 Å². The number of aromatic nitrogens is 1. The van der Waals surface area contributed by atoms with E-state index in [4.69, 9.17) is 16.3 Å². The molecule has 2 aromatic rings. The molecule has 1 N–H and O–H groups in total. The van der Waals surface area contributed by atoms with Gasteiger partial charge in [0.05, 0.1) is 16.7 Å². The van der Waals surface area contributed by atoms with Gasteiger partial charge < -0.3 is 10.1 Å². The van der Waals surface area contributed by atoms with Crippen LogP contribution in [0.4, 0.5) is 0 Å². The average Bonchev–Trinajstić information content (AvgIpc) is 3.06. The molecule has 0 saturated carbocycles. The van der Waals surface area contributed by atoms with Crippen molar-refractivity contribution in [2.75, 3.05) is 6.61 Å². The summed E-state index contributed by atoms with van der Waals surface area (Å²) in [6.07, 6.45) is 0.672. The summed E-state index contributed by atoms with van der Waals surface area (Å²) >= 11 is 7.35. The number of ether oxygens (including phenoxy) is 1. The Morgan fingerprint density at radius 1 is 1.36 bits per heavy atom. The Kier molecular flexibility index (Phi) is 4.47. The second-order valence-corrected chi connectivity index (χ2v) is 7.00. The highest BCUT2D eigenvalue weighted by molar-refractivity contribution is 7.13. The molecule has 22 heavy (non-hydrogen) atoms. The molecule has 0 radical (unpaired) electrons. The Balaban J connectivity index is 1.75. The lowest BCUT2D eigenvalue weighted by atomic mass is 10.0. The Bertz CT molecular complexity index is 684. The molecule has 6 heteroatoms. The zero-order valence-corrected chi connectivity index (χ0v) is 14.0. The van der Waals surface area contributed by atoms with E-state index in [-0.39, 0.29) is 18.1 Å². The van der Waals surface area contributed by atoms with Gasteiger partial charge in [0.1, 0.15) is 11.0 Å². The minimum absolute atomic E-state index is 0.0320. The molecule has 1 amide bonds. The number of carbonyl (C=O) groups excluding carboxylic acids is 1. The maximum absolute atomic E-state index is 12.4. The molecule has 0 bridgehead atoms. The first kappa shape index (κ1) is 15.5. The van der Waals surface area contributed by atoms with E-state index in [9.17, 15) is 4.79 Å². The first-order valence-electron chi connectivity index (χ1n) is 7.16. The molecule has 1 aliphatic rings. The molecule has 1 aromatic carbocycles. The lowest BCUT2D eigenvalue weighted by molar-refractivity contribution is 0.0824. The molecular formula is C16H17ClN2O2S. The quantitative estimate of drug-likeness (QED) is 0.930. The van der Waals surface area contributed by atoms with Gasteiger partial charge in [-0.2, -0.15) is 0 Å². The number of hydrogen-bond acceptors (Lipinski definition) is 4. The number of rotatable bonds is 3. The average molecular weight is 337 g/mol. The summed E-state index contributed by atoms with van der Waals surface area (Å²) in [5.74, 6) is -0.0717. The lowest BCUT2D eigenvalue weighted by Crippen LogP contribution is -2.36. The summed E-state index contributed by atoms with van der Waals surface area (Å²) < 4.78 is 5.79. The second-order valence-electron chi connectivity index (χ2n) is 5.36. The van der Waals surface area contributed by atoms with Crippen molar-refractivity contribution in [3.63, 3.8) is 0 Å². The summed E-state index contributed by atoms with van der Waals surface area (Å²) in [6.45, 7) is 4.41. The second kappa shape index (κ2) is 6.36. The number of halogens is 1. The highest BCUT2D eigenvalue weighted by Gasteiger charge is 2.31. The highest BCUT2D eigenvalue weighted by atomic mass is 35.5. The lowest BCUT2D eigenvalue weighted by Gasteiger charge is -2.20. The highest BCUT2D eigenvalue weighted by Crippen LogP contribution is 2.30. The Morgan fingerprint density at radius 2 is 2.09 bits per heavy atom. The molecule has 0 aliphatic carbocycles. The molecule has 1 aromatic heterocycles. The summed E-state index contributed by atoms with van der Waals surface area (Å²) in [5, 5.41) is 4.68. The van der Waals surface area contributed by atoms with E-state index < -0.39 is 0 Å². The third kappa shape index (κ3) is 3.16. The van der Waals surface area contributed by atoms with Crippen molar-refractivity contribution in [2.45, 2.75) is 32.4 Å².